The summed E-state index contributed by atoms with van der Waals surface area (Å²) in [5, 5.41) is 8.24. The van der Waals surface area contributed by atoms with Crippen LogP contribution in [0.25, 0.3) is 11.4 Å². The van der Waals surface area contributed by atoms with E-state index in [4.69, 9.17) is 4.74 Å². The highest BCUT2D eigenvalue weighted by atomic mass is 32.2. The number of nitrogens with zero attached hydrogens (tertiary/aromatic N) is 3. The number of aromatic nitrogens is 3. The Morgan fingerprint density at radius 1 is 1.28 bits per heavy atom. The number of amides is 1. The fourth-order valence-electron chi connectivity index (χ4n) is 3.14. The van der Waals surface area contributed by atoms with Crippen LogP contribution >= 0.6 is 23.5 Å². The average molecular weight is 427 g/mol. The van der Waals surface area contributed by atoms with Crippen molar-refractivity contribution < 1.29 is 9.53 Å². The number of methoxy groups -OCH3 is 1. The van der Waals surface area contributed by atoms with Crippen LogP contribution in [0.4, 0.5) is 5.69 Å². The molecule has 8 heteroatoms. The van der Waals surface area contributed by atoms with E-state index in [0.29, 0.717) is 22.0 Å². The van der Waals surface area contributed by atoms with Gasteiger partial charge in [-0.05, 0) is 42.8 Å². The minimum Gasteiger partial charge on any atom is -0.497 e. The minimum absolute atomic E-state index is 0.0768. The Hall–Kier alpha value is -2.45. The van der Waals surface area contributed by atoms with Gasteiger partial charge in [0.15, 0.2) is 5.82 Å². The Labute approximate surface area is 178 Å². The first-order valence-corrected chi connectivity index (χ1v) is 11.3. The predicted octanol–water partition coefficient (Wildman–Crippen LogP) is 4.49. The quantitative estimate of drug-likeness (QED) is 0.606. The first-order chi connectivity index (χ1) is 14.1. The summed E-state index contributed by atoms with van der Waals surface area (Å²) in [6.07, 6.45) is 0.970. The van der Waals surface area contributed by atoms with Gasteiger partial charge >= 0.3 is 0 Å². The molecule has 0 aliphatic carbocycles. The molecule has 0 bridgehead atoms. The standard InChI is InChI=1S/C21H22N4O2S2/c1-14-11-12-25(17-5-3-4-6-18(17)29-14)19(26)13-28-21-22-20(23-24-21)15-7-9-16(27-2)10-8-15/h3-10,14H,11-13H2,1-2H3,(H,22,23,24)/t14-/m1/s1. The summed E-state index contributed by atoms with van der Waals surface area (Å²) in [7, 11) is 1.64. The second kappa shape index (κ2) is 8.92. The van der Waals surface area contributed by atoms with Crippen LogP contribution in [0.5, 0.6) is 5.75 Å². The topological polar surface area (TPSA) is 71.1 Å². The van der Waals surface area contributed by atoms with Gasteiger partial charge in [0.2, 0.25) is 11.1 Å². The first kappa shape index (κ1) is 19.8. The van der Waals surface area contributed by atoms with Gasteiger partial charge in [0, 0.05) is 22.3 Å². The van der Waals surface area contributed by atoms with Crippen LogP contribution in [-0.2, 0) is 4.79 Å². The zero-order valence-electron chi connectivity index (χ0n) is 16.3. The van der Waals surface area contributed by atoms with E-state index in [0.717, 1.165) is 34.9 Å². The Bertz CT molecular complexity index is 990. The lowest BCUT2D eigenvalue weighted by Gasteiger charge is -2.22. The van der Waals surface area contributed by atoms with Gasteiger partial charge in [0.25, 0.3) is 0 Å². The molecule has 1 atom stereocenters. The predicted molar refractivity (Wildman–Crippen MR) is 118 cm³/mol. The smallest absolute Gasteiger partial charge is 0.237 e. The number of H-pyrrole nitrogens is 1. The maximum Gasteiger partial charge on any atom is 0.237 e. The normalized spacial score (nSPS) is 16.2. The fraction of sp³-hybridized carbons (Fsp3) is 0.286. The molecule has 0 saturated heterocycles. The Morgan fingerprint density at radius 3 is 2.86 bits per heavy atom. The third-order valence-electron chi connectivity index (χ3n) is 4.70. The molecular weight excluding hydrogens is 404 g/mol. The average Bonchev–Trinajstić information content (AvgIpc) is 3.15. The summed E-state index contributed by atoms with van der Waals surface area (Å²) in [4.78, 5) is 20.5. The molecule has 1 aliphatic rings. The van der Waals surface area contributed by atoms with Gasteiger partial charge in [0.1, 0.15) is 5.75 Å². The highest BCUT2D eigenvalue weighted by Crippen LogP contribution is 2.37. The molecular formula is C21H22N4O2S2. The van der Waals surface area contributed by atoms with E-state index in [1.165, 1.54) is 11.8 Å². The van der Waals surface area contributed by atoms with Crippen LogP contribution in [0.2, 0.25) is 0 Å². The number of para-hydroxylation sites is 1. The molecule has 0 fully saturated rings. The molecule has 1 amide bonds. The van der Waals surface area contributed by atoms with Gasteiger partial charge in [-0.25, -0.2) is 4.98 Å². The summed E-state index contributed by atoms with van der Waals surface area (Å²) < 4.78 is 5.18. The van der Waals surface area contributed by atoms with Crippen molar-refractivity contribution in [2.75, 3.05) is 24.3 Å². The number of nitrogens with one attached hydrogen (secondary N) is 1. The molecule has 1 aliphatic heterocycles. The lowest BCUT2D eigenvalue weighted by atomic mass is 10.2. The fourth-order valence-corrected chi connectivity index (χ4v) is 4.93. The first-order valence-electron chi connectivity index (χ1n) is 9.39. The van der Waals surface area contributed by atoms with Gasteiger partial charge in [-0.3, -0.25) is 9.89 Å². The van der Waals surface area contributed by atoms with Crippen molar-refractivity contribution in [1.82, 2.24) is 15.2 Å². The largest absolute Gasteiger partial charge is 0.497 e. The van der Waals surface area contributed by atoms with Crippen LogP contribution in [-0.4, -0.2) is 45.7 Å². The highest BCUT2D eigenvalue weighted by molar-refractivity contribution is 8.00. The molecule has 3 aromatic rings. The number of thioether (sulfide) groups is 2. The second-order valence-corrected chi connectivity index (χ2v) is 9.14. The zero-order valence-corrected chi connectivity index (χ0v) is 17.9. The van der Waals surface area contributed by atoms with E-state index in [-0.39, 0.29) is 5.91 Å². The Kier molecular flexibility index (Phi) is 6.10. The number of aromatic amines is 1. The van der Waals surface area contributed by atoms with Crippen LogP contribution in [0.15, 0.2) is 58.6 Å². The number of anilines is 1. The summed E-state index contributed by atoms with van der Waals surface area (Å²) >= 11 is 3.18. The van der Waals surface area contributed by atoms with Gasteiger partial charge in [-0.2, -0.15) is 0 Å². The van der Waals surface area contributed by atoms with E-state index < -0.39 is 0 Å². The van der Waals surface area contributed by atoms with Gasteiger partial charge in [-0.15, -0.1) is 16.9 Å². The number of rotatable bonds is 5. The Balaban J connectivity index is 1.43. The number of benzene rings is 2. The van der Waals surface area contributed by atoms with Crippen molar-refractivity contribution in [3.05, 3.63) is 48.5 Å². The maximum absolute atomic E-state index is 13.0. The second-order valence-electron chi connectivity index (χ2n) is 6.71. The van der Waals surface area contributed by atoms with Gasteiger partial charge < -0.3 is 9.64 Å². The molecule has 0 radical (unpaired) electrons. The van der Waals surface area contributed by atoms with Gasteiger partial charge in [-0.1, -0.05) is 30.8 Å². The molecule has 1 aromatic heterocycles. The number of hydrogen-bond acceptors (Lipinski definition) is 6. The molecule has 0 unspecified atom stereocenters. The molecule has 2 aromatic carbocycles. The van der Waals surface area contributed by atoms with Crippen LogP contribution < -0.4 is 9.64 Å². The van der Waals surface area contributed by atoms with Crippen LogP contribution in [0, 0.1) is 0 Å². The van der Waals surface area contributed by atoms with Crippen molar-refractivity contribution in [3.8, 4) is 17.1 Å². The summed E-state index contributed by atoms with van der Waals surface area (Å²) in [6.45, 7) is 2.94. The maximum atomic E-state index is 13.0. The lowest BCUT2D eigenvalue weighted by molar-refractivity contribution is -0.116. The van der Waals surface area contributed by atoms with Crippen molar-refractivity contribution >= 4 is 35.1 Å². The van der Waals surface area contributed by atoms with E-state index in [2.05, 4.69) is 28.2 Å². The van der Waals surface area contributed by atoms with Crippen LogP contribution in [0.3, 0.4) is 0 Å². The highest BCUT2D eigenvalue weighted by Gasteiger charge is 2.24. The molecule has 4 rings (SSSR count). The van der Waals surface area contributed by atoms with Crippen molar-refractivity contribution in [1.29, 1.82) is 0 Å². The lowest BCUT2D eigenvalue weighted by Crippen LogP contribution is -2.33. The van der Waals surface area contributed by atoms with E-state index in [1.807, 2.05) is 59.1 Å². The van der Waals surface area contributed by atoms with Gasteiger partial charge in [0.05, 0.1) is 18.6 Å². The third-order valence-corrected chi connectivity index (χ3v) is 6.77. The van der Waals surface area contributed by atoms with Crippen LogP contribution in [0.1, 0.15) is 13.3 Å². The summed E-state index contributed by atoms with van der Waals surface area (Å²) in [5.41, 5.74) is 1.92. The molecule has 0 saturated carbocycles. The molecule has 2 heterocycles. The minimum atomic E-state index is 0.0768. The number of hydrogen-bond donors (Lipinski definition) is 1. The molecule has 150 valence electrons. The third kappa shape index (κ3) is 4.59. The molecule has 29 heavy (non-hydrogen) atoms. The molecule has 0 spiro atoms. The summed E-state index contributed by atoms with van der Waals surface area (Å²) in [6, 6.07) is 15.7. The molecule has 6 nitrogen and oxygen atoms in total. The zero-order chi connectivity index (χ0) is 20.2. The SMILES string of the molecule is COc1ccc(-c2nc(SCC(=O)N3CC[C@@H](C)Sc4ccccc43)n[nH]2)cc1. The number of ether oxygens (including phenoxy) is 1. The van der Waals surface area contributed by atoms with Crippen molar-refractivity contribution in [2.45, 2.75) is 28.6 Å². The van der Waals surface area contributed by atoms with E-state index >= 15 is 0 Å². The number of fused-ring (bicyclic) bond motifs is 1. The monoisotopic (exact) mass is 426 g/mol. The number of carbonyl (C=O) groups excluding carboxylic acids is 1. The van der Waals surface area contributed by atoms with E-state index in [1.54, 1.807) is 7.11 Å². The van der Waals surface area contributed by atoms with E-state index in [9.17, 15) is 4.79 Å². The van der Waals surface area contributed by atoms with Crippen molar-refractivity contribution in [3.63, 3.8) is 0 Å². The Morgan fingerprint density at radius 2 is 2.07 bits per heavy atom. The van der Waals surface area contributed by atoms with Crippen molar-refractivity contribution in [2.24, 2.45) is 0 Å². The molecule has 1 N–H and O–H groups in total. The summed E-state index contributed by atoms with van der Waals surface area (Å²) in [5.74, 6) is 1.84. The number of carbonyl (C=O) groups is 1.